The molecule has 4 nitrogen and oxygen atoms in total. The van der Waals surface area contributed by atoms with E-state index in [2.05, 4.69) is 16.0 Å². The number of nitrogens with one attached hydrogen (secondary N) is 1. The van der Waals surface area contributed by atoms with Gasteiger partial charge in [0.15, 0.2) is 0 Å². The quantitative estimate of drug-likeness (QED) is 0.394. The Kier molecular flexibility index (Phi) is 6.82. The van der Waals surface area contributed by atoms with Crippen molar-refractivity contribution in [1.82, 2.24) is 9.88 Å². The zero-order valence-electron chi connectivity index (χ0n) is 17.4. The molecule has 0 atom stereocenters. The van der Waals surface area contributed by atoms with E-state index in [9.17, 15) is 10.1 Å². The molecular weight excluding hydrogens is 382 g/mol. The van der Waals surface area contributed by atoms with Gasteiger partial charge in [0.05, 0.1) is 0 Å². The number of amides is 1. The highest BCUT2D eigenvalue weighted by molar-refractivity contribution is 6.31. The standard InChI is InChI=1S/C24H28ClN3O/c1-16-12-22(10-11-23(16)25)28-17(2)13-19(18(28)3)14-20(15-26)24(29)27-21-8-6-4-5-7-9-21/h10-14,21H,4-9H2,1-3H3,(H,27,29)/b20-14+. The lowest BCUT2D eigenvalue weighted by Gasteiger charge is -2.15. The maximum Gasteiger partial charge on any atom is 0.262 e. The maximum atomic E-state index is 12.7. The Morgan fingerprint density at radius 2 is 1.86 bits per heavy atom. The van der Waals surface area contributed by atoms with E-state index in [4.69, 9.17) is 11.6 Å². The summed E-state index contributed by atoms with van der Waals surface area (Å²) in [6.45, 7) is 6.00. The third-order valence-electron chi connectivity index (χ3n) is 5.73. The molecule has 1 aliphatic rings. The first-order chi connectivity index (χ1) is 13.9. The van der Waals surface area contributed by atoms with E-state index in [0.717, 1.165) is 58.9 Å². The van der Waals surface area contributed by atoms with E-state index in [1.807, 2.05) is 45.0 Å². The first kappa shape index (κ1) is 21.2. The molecule has 3 rings (SSSR count). The van der Waals surface area contributed by atoms with Crippen molar-refractivity contribution in [2.45, 2.75) is 65.3 Å². The molecule has 1 aromatic heterocycles. The van der Waals surface area contributed by atoms with Crippen LogP contribution >= 0.6 is 11.6 Å². The van der Waals surface area contributed by atoms with Crippen molar-refractivity contribution in [1.29, 1.82) is 5.26 Å². The van der Waals surface area contributed by atoms with Gasteiger partial charge in [-0.1, -0.05) is 37.3 Å². The van der Waals surface area contributed by atoms with Gasteiger partial charge in [-0.2, -0.15) is 5.26 Å². The van der Waals surface area contributed by atoms with Crippen LogP contribution in [0.25, 0.3) is 11.8 Å². The molecule has 0 unspecified atom stereocenters. The Morgan fingerprint density at radius 1 is 1.17 bits per heavy atom. The summed E-state index contributed by atoms with van der Waals surface area (Å²) in [5, 5.41) is 13.4. The van der Waals surface area contributed by atoms with Crippen LogP contribution in [0.3, 0.4) is 0 Å². The van der Waals surface area contributed by atoms with Gasteiger partial charge < -0.3 is 9.88 Å². The van der Waals surface area contributed by atoms with Gasteiger partial charge in [-0.15, -0.1) is 0 Å². The minimum Gasteiger partial charge on any atom is -0.349 e. The van der Waals surface area contributed by atoms with Crippen LogP contribution in [0.5, 0.6) is 0 Å². The number of rotatable bonds is 4. The van der Waals surface area contributed by atoms with Gasteiger partial charge in [-0.05, 0) is 75.1 Å². The molecule has 5 heteroatoms. The van der Waals surface area contributed by atoms with Crippen LogP contribution in [-0.4, -0.2) is 16.5 Å². The predicted molar refractivity (Wildman–Crippen MR) is 118 cm³/mol. The van der Waals surface area contributed by atoms with Gasteiger partial charge in [0.1, 0.15) is 11.6 Å². The van der Waals surface area contributed by atoms with Crippen molar-refractivity contribution in [3.8, 4) is 11.8 Å². The minimum absolute atomic E-state index is 0.154. The third kappa shape index (κ3) is 4.92. The molecule has 152 valence electrons. The number of carbonyl (C=O) groups excluding carboxylic acids is 1. The highest BCUT2D eigenvalue weighted by Gasteiger charge is 2.18. The largest absolute Gasteiger partial charge is 0.349 e. The van der Waals surface area contributed by atoms with Crippen molar-refractivity contribution in [3.05, 3.63) is 57.4 Å². The Bertz CT molecular complexity index is 973. The molecular formula is C24H28ClN3O. The van der Waals surface area contributed by atoms with Crippen LogP contribution in [0.4, 0.5) is 0 Å². The summed E-state index contributed by atoms with van der Waals surface area (Å²) in [6, 6.07) is 10.2. The fourth-order valence-corrected chi connectivity index (χ4v) is 4.21. The summed E-state index contributed by atoms with van der Waals surface area (Å²) >= 11 is 6.17. The highest BCUT2D eigenvalue weighted by Crippen LogP contribution is 2.26. The molecule has 1 fully saturated rings. The summed E-state index contributed by atoms with van der Waals surface area (Å²) < 4.78 is 2.12. The summed E-state index contributed by atoms with van der Waals surface area (Å²) in [5.74, 6) is -0.272. The molecule has 0 bridgehead atoms. The highest BCUT2D eigenvalue weighted by atomic mass is 35.5. The van der Waals surface area contributed by atoms with E-state index in [-0.39, 0.29) is 17.5 Å². The lowest BCUT2D eigenvalue weighted by molar-refractivity contribution is -0.117. The summed E-state index contributed by atoms with van der Waals surface area (Å²) in [7, 11) is 0. The predicted octanol–water partition coefficient (Wildman–Crippen LogP) is 5.80. The van der Waals surface area contributed by atoms with Crippen LogP contribution in [-0.2, 0) is 4.79 Å². The summed E-state index contributed by atoms with van der Waals surface area (Å²) in [6.07, 6.45) is 8.42. The second-order valence-corrected chi connectivity index (χ2v) is 8.33. The molecule has 1 saturated carbocycles. The molecule has 0 spiro atoms. The lowest BCUT2D eigenvalue weighted by Crippen LogP contribution is -2.35. The fraction of sp³-hybridized carbons (Fsp3) is 0.417. The number of nitrogens with zero attached hydrogens (tertiary/aromatic N) is 2. The molecule has 0 saturated heterocycles. The van der Waals surface area contributed by atoms with Gasteiger partial charge in [0.25, 0.3) is 5.91 Å². The molecule has 0 radical (unpaired) electrons. The van der Waals surface area contributed by atoms with Crippen molar-refractivity contribution < 1.29 is 4.79 Å². The normalized spacial score (nSPS) is 15.6. The van der Waals surface area contributed by atoms with Crippen molar-refractivity contribution in [3.63, 3.8) is 0 Å². The number of aryl methyl sites for hydroxylation is 2. The zero-order valence-corrected chi connectivity index (χ0v) is 18.1. The van der Waals surface area contributed by atoms with E-state index in [1.165, 1.54) is 12.8 Å². The Hall–Kier alpha value is -2.51. The number of benzene rings is 1. The van der Waals surface area contributed by atoms with Gasteiger partial charge in [0, 0.05) is 28.1 Å². The van der Waals surface area contributed by atoms with E-state index in [1.54, 1.807) is 6.08 Å². The molecule has 1 amide bonds. The lowest BCUT2D eigenvalue weighted by atomic mass is 10.1. The Morgan fingerprint density at radius 3 is 2.48 bits per heavy atom. The van der Waals surface area contributed by atoms with Crippen LogP contribution in [0, 0.1) is 32.1 Å². The van der Waals surface area contributed by atoms with E-state index >= 15 is 0 Å². The Labute approximate surface area is 178 Å². The molecule has 1 aromatic carbocycles. The van der Waals surface area contributed by atoms with Crippen molar-refractivity contribution >= 4 is 23.6 Å². The second-order valence-electron chi connectivity index (χ2n) is 7.93. The average Bonchev–Trinajstić information content (AvgIpc) is 2.86. The van der Waals surface area contributed by atoms with Crippen LogP contribution in [0.1, 0.15) is 61.0 Å². The van der Waals surface area contributed by atoms with Crippen LogP contribution in [0.2, 0.25) is 5.02 Å². The molecule has 1 heterocycles. The molecule has 1 aliphatic carbocycles. The monoisotopic (exact) mass is 409 g/mol. The minimum atomic E-state index is -0.272. The zero-order chi connectivity index (χ0) is 21.0. The topological polar surface area (TPSA) is 57.8 Å². The first-order valence-electron chi connectivity index (χ1n) is 10.3. The van der Waals surface area contributed by atoms with E-state index < -0.39 is 0 Å². The Balaban J connectivity index is 1.87. The summed E-state index contributed by atoms with van der Waals surface area (Å²) in [5.41, 5.74) is 5.08. The van der Waals surface area contributed by atoms with Crippen molar-refractivity contribution in [2.75, 3.05) is 0 Å². The number of hydrogen-bond acceptors (Lipinski definition) is 2. The number of aromatic nitrogens is 1. The van der Waals surface area contributed by atoms with Crippen LogP contribution < -0.4 is 5.32 Å². The smallest absolute Gasteiger partial charge is 0.262 e. The SMILES string of the molecule is Cc1cc(-n2c(C)cc(/C=C(\C#N)C(=O)NC3CCCCCC3)c2C)ccc1Cl. The van der Waals surface area contributed by atoms with Crippen molar-refractivity contribution in [2.24, 2.45) is 0 Å². The number of halogens is 1. The van der Waals surface area contributed by atoms with Gasteiger partial charge in [-0.3, -0.25) is 4.79 Å². The van der Waals surface area contributed by atoms with E-state index in [0.29, 0.717) is 0 Å². The maximum absolute atomic E-state index is 12.7. The average molecular weight is 410 g/mol. The van der Waals surface area contributed by atoms with Crippen LogP contribution in [0.15, 0.2) is 29.8 Å². The van der Waals surface area contributed by atoms with Gasteiger partial charge in [-0.25, -0.2) is 0 Å². The van der Waals surface area contributed by atoms with Gasteiger partial charge in [0.2, 0.25) is 0 Å². The molecule has 29 heavy (non-hydrogen) atoms. The number of carbonyl (C=O) groups is 1. The third-order valence-corrected chi connectivity index (χ3v) is 6.15. The first-order valence-corrected chi connectivity index (χ1v) is 10.7. The summed E-state index contributed by atoms with van der Waals surface area (Å²) in [4.78, 5) is 12.7. The second kappa shape index (κ2) is 9.33. The molecule has 0 aliphatic heterocycles. The number of nitriles is 1. The fourth-order valence-electron chi connectivity index (χ4n) is 4.09. The molecule has 1 N–H and O–H groups in total. The molecule has 2 aromatic rings. The van der Waals surface area contributed by atoms with Gasteiger partial charge >= 0.3 is 0 Å². The number of hydrogen-bond donors (Lipinski definition) is 1.